The molecule has 32 heavy (non-hydrogen) atoms. The molecule has 0 aliphatic carbocycles. The van der Waals surface area contributed by atoms with Crippen LogP contribution in [0.1, 0.15) is 11.9 Å². The van der Waals surface area contributed by atoms with E-state index in [4.69, 9.17) is 9.15 Å². The Morgan fingerprint density at radius 3 is 2.59 bits per heavy atom. The van der Waals surface area contributed by atoms with Crippen molar-refractivity contribution in [3.05, 3.63) is 69.3 Å². The summed E-state index contributed by atoms with van der Waals surface area (Å²) in [4.78, 5) is 40.1. The Labute approximate surface area is 186 Å². The Hall–Kier alpha value is -3.98. The van der Waals surface area contributed by atoms with Crippen molar-refractivity contribution < 1.29 is 18.7 Å². The van der Waals surface area contributed by atoms with Crippen molar-refractivity contribution in [2.24, 2.45) is 0 Å². The van der Waals surface area contributed by atoms with E-state index in [1.165, 1.54) is 18.3 Å². The number of benzene rings is 2. The maximum Gasteiger partial charge on any atom is 0.345 e. The van der Waals surface area contributed by atoms with E-state index >= 15 is 0 Å². The van der Waals surface area contributed by atoms with Crippen molar-refractivity contribution >= 4 is 45.5 Å². The quantitative estimate of drug-likeness (QED) is 0.427. The number of hydrogen-bond acceptors (Lipinski definition) is 7. The molecule has 162 valence electrons. The number of aromatic nitrogens is 1. The van der Waals surface area contributed by atoms with E-state index in [9.17, 15) is 14.4 Å². The zero-order chi connectivity index (χ0) is 22.7. The Kier molecular flexibility index (Phi) is 6.00. The minimum Gasteiger partial charge on any atom is -0.484 e. The minimum absolute atomic E-state index is 0.200. The molecule has 4 rings (SSSR count). The first kappa shape index (κ1) is 21.3. The van der Waals surface area contributed by atoms with Crippen LogP contribution in [-0.4, -0.2) is 23.4 Å². The highest BCUT2D eigenvalue weighted by Gasteiger charge is 2.12. The van der Waals surface area contributed by atoms with Crippen LogP contribution in [0.4, 0.5) is 11.4 Å². The van der Waals surface area contributed by atoms with Crippen LogP contribution in [0.3, 0.4) is 0 Å². The fourth-order valence-electron chi connectivity index (χ4n) is 3.07. The van der Waals surface area contributed by atoms with Crippen LogP contribution in [-0.2, 0) is 9.59 Å². The summed E-state index contributed by atoms with van der Waals surface area (Å²) in [5, 5.41) is 8.76. The van der Waals surface area contributed by atoms with Gasteiger partial charge in [-0.25, -0.2) is 9.78 Å². The molecular weight excluding hydrogens is 430 g/mol. The van der Waals surface area contributed by atoms with Gasteiger partial charge in [-0.3, -0.25) is 9.59 Å². The number of carbonyl (C=O) groups is 2. The Morgan fingerprint density at radius 1 is 1.09 bits per heavy atom. The molecule has 0 saturated carbocycles. The van der Waals surface area contributed by atoms with E-state index < -0.39 is 5.63 Å². The minimum atomic E-state index is -0.489. The van der Waals surface area contributed by atoms with E-state index in [0.29, 0.717) is 34.0 Å². The molecule has 0 bridgehead atoms. The zero-order valence-electron chi connectivity index (χ0n) is 17.3. The van der Waals surface area contributed by atoms with Crippen LogP contribution >= 0.6 is 11.3 Å². The number of carbonyl (C=O) groups excluding carboxylic acids is 2. The first-order valence-electron chi connectivity index (χ1n) is 9.68. The average molecular weight is 449 g/mol. The maximum absolute atomic E-state index is 12.4. The summed E-state index contributed by atoms with van der Waals surface area (Å²) >= 11 is 1.46. The van der Waals surface area contributed by atoms with Crippen LogP contribution in [0.5, 0.6) is 5.75 Å². The zero-order valence-corrected chi connectivity index (χ0v) is 18.1. The third-order valence-corrected chi connectivity index (χ3v) is 5.21. The van der Waals surface area contributed by atoms with Gasteiger partial charge in [0.05, 0.1) is 16.3 Å². The van der Waals surface area contributed by atoms with Gasteiger partial charge in [0.15, 0.2) is 6.61 Å². The van der Waals surface area contributed by atoms with Gasteiger partial charge in [-0.1, -0.05) is 6.07 Å². The fraction of sp³-hybridized carbons (Fsp3) is 0.130. The SMILES string of the molecule is CC(=O)Nc1cccc(NC(=O)COc2ccc3cc(-c4csc(C)n4)c(=O)oc3c2)c1. The van der Waals surface area contributed by atoms with Crippen LogP contribution < -0.4 is 21.0 Å². The first-order valence-corrected chi connectivity index (χ1v) is 10.6. The van der Waals surface area contributed by atoms with Crippen molar-refractivity contribution in [2.45, 2.75) is 13.8 Å². The third-order valence-electron chi connectivity index (χ3n) is 4.44. The summed E-state index contributed by atoms with van der Waals surface area (Å²) in [7, 11) is 0. The number of anilines is 2. The highest BCUT2D eigenvalue weighted by molar-refractivity contribution is 7.09. The monoisotopic (exact) mass is 449 g/mol. The lowest BCUT2D eigenvalue weighted by Gasteiger charge is -2.09. The van der Waals surface area contributed by atoms with E-state index in [1.54, 1.807) is 48.5 Å². The number of aryl methyl sites for hydroxylation is 1. The van der Waals surface area contributed by atoms with Crippen molar-refractivity contribution in [3.63, 3.8) is 0 Å². The molecular formula is C23H19N3O5S. The summed E-state index contributed by atoms with van der Waals surface area (Å²) in [6.07, 6.45) is 0. The molecule has 2 heterocycles. The summed E-state index contributed by atoms with van der Waals surface area (Å²) in [6.45, 7) is 3.04. The van der Waals surface area contributed by atoms with Crippen LogP contribution in [0.2, 0.25) is 0 Å². The molecule has 9 heteroatoms. The number of fused-ring (bicyclic) bond motifs is 1. The van der Waals surface area contributed by atoms with Gasteiger partial charge in [0.1, 0.15) is 11.3 Å². The van der Waals surface area contributed by atoms with E-state index in [1.807, 2.05) is 12.3 Å². The lowest BCUT2D eigenvalue weighted by molar-refractivity contribution is -0.118. The predicted molar refractivity (Wildman–Crippen MR) is 123 cm³/mol. The summed E-state index contributed by atoms with van der Waals surface area (Å²) < 4.78 is 11.0. The van der Waals surface area contributed by atoms with Gasteiger partial charge in [0, 0.05) is 35.1 Å². The molecule has 0 radical (unpaired) electrons. The second-order valence-corrected chi connectivity index (χ2v) is 8.06. The number of hydrogen-bond donors (Lipinski definition) is 2. The average Bonchev–Trinajstić information content (AvgIpc) is 3.17. The van der Waals surface area contributed by atoms with Gasteiger partial charge in [-0.15, -0.1) is 11.3 Å². The van der Waals surface area contributed by atoms with Gasteiger partial charge in [-0.05, 0) is 43.3 Å². The molecule has 2 N–H and O–H groups in total. The topological polar surface area (TPSA) is 111 Å². The van der Waals surface area contributed by atoms with Crippen molar-refractivity contribution in [2.75, 3.05) is 17.2 Å². The number of thiazole rings is 1. The highest BCUT2D eigenvalue weighted by atomic mass is 32.1. The molecule has 0 spiro atoms. The number of nitrogens with one attached hydrogen (secondary N) is 2. The van der Waals surface area contributed by atoms with Crippen LogP contribution in [0.25, 0.3) is 22.2 Å². The molecule has 0 aliphatic rings. The predicted octanol–water partition coefficient (Wildman–Crippen LogP) is 4.20. The second-order valence-electron chi connectivity index (χ2n) is 7.00. The van der Waals surface area contributed by atoms with Crippen LogP contribution in [0.15, 0.2) is 63.1 Å². The lowest BCUT2D eigenvalue weighted by atomic mass is 10.1. The van der Waals surface area contributed by atoms with Crippen molar-refractivity contribution in [1.29, 1.82) is 0 Å². The maximum atomic E-state index is 12.4. The Balaban J connectivity index is 1.44. The highest BCUT2D eigenvalue weighted by Crippen LogP contribution is 2.25. The summed E-state index contributed by atoms with van der Waals surface area (Å²) in [6, 6.07) is 13.5. The van der Waals surface area contributed by atoms with Gasteiger partial charge < -0.3 is 19.8 Å². The fourth-order valence-corrected chi connectivity index (χ4v) is 3.68. The molecule has 2 amide bonds. The molecule has 0 unspecified atom stereocenters. The van der Waals surface area contributed by atoms with Gasteiger partial charge in [0.25, 0.3) is 5.91 Å². The number of amides is 2. The second kappa shape index (κ2) is 9.03. The first-order chi connectivity index (χ1) is 15.4. The largest absolute Gasteiger partial charge is 0.484 e. The standard InChI is InChI=1S/C23H19N3O5S/c1-13(27)24-16-4-3-5-17(9-16)26-22(28)11-30-18-7-6-15-8-19(20-12-32-14(2)25-20)23(29)31-21(15)10-18/h3-10,12H,11H2,1-2H3,(H,24,27)(H,26,28). The van der Waals surface area contributed by atoms with Gasteiger partial charge >= 0.3 is 5.63 Å². The molecule has 4 aromatic rings. The van der Waals surface area contributed by atoms with Gasteiger partial charge in [0.2, 0.25) is 5.91 Å². The normalized spacial score (nSPS) is 10.7. The number of rotatable bonds is 6. The van der Waals surface area contributed by atoms with Crippen molar-refractivity contribution in [3.8, 4) is 17.0 Å². The molecule has 0 aliphatic heterocycles. The van der Waals surface area contributed by atoms with Crippen molar-refractivity contribution in [1.82, 2.24) is 4.98 Å². The number of nitrogens with zero attached hydrogens (tertiary/aromatic N) is 1. The molecule has 2 aromatic heterocycles. The van der Waals surface area contributed by atoms with E-state index in [0.717, 1.165) is 10.4 Å². The summed E-state index contributed by atoms with van der Waals surface area (Å²) in [5.74, 6) is -0.186. The van der Waals surface area contributed by atoms with Crippen LogP contribution in [0, 0.1) is 6.92 Å². The smallest absolute Gasteiger partial charge is 0.345 e. The molecule has 0 atom stereocenters. The Bertz CT molecular complexity index is 1380. The summed E-state index contributed by atoms with van der Waals surface area (Å²) in [5.41, 5.74) is 1.95. The number of ether oxygens (including phenoxy) is 1. The van der Waals surface area contributed by atoms with Gasteiger partial charge in [-0.2, -0.15) is 0 Å². The Morgan fingerprint density at radius 2 is 1.88 bits per heavy atom. The van der Waals surface area contributed by atoms with E-state index in [-0.39, 0.29) is 18.4 Å². The third kappa shape index (κ3) is 5.01. The molecule has 0 saturated heterocycles. The molecule has 0 fully saturated rings. The molecule has 2 aromatic carbocycles. The molecule has 8 nitrogen and oxygen atoms in total. The lowest BCUT2D eigenvalue weighted by Crippen LogP contribution is -2.20. The van der Waals surface area contributed by atoms with E-state index in [2.05, 4.69) is 15.6 Å².